The van der Waals surface area contributed by atoms with Crippen LogP contribution in [0.3, 0.4) is 0 Å². The van der Waals surface area contributed by atoms with Crippen molar-refractivity contribution in [3.05, 3.63) is 94.0 Å². The van der Waals surface area contributed by atoms with Crippen molar-refractivity contribution in [1.82, 2.24) is 5.32 Å². The van der Waals surface area contributed by atoms with Crippen LogP contribution >= 0.6 is 11.6 Å². The van der Waals surface area contributed by atoms with Crippen LogP contribution in [0.25, 0.3) is 0 Å². The lowest BCUT2D eigenvalue weighted by atomic mass is 9.68. The third kappa shape index (κ3) is 4.06. The normalized spacial score (nSPS) is 18.2. The molecule has 0 aromatic heterocycles. The van der Waals surface area contributed by atoms with Crippen LogP contribution < -0.4 is 15.0 Å². The van der Waals surface area contributed by atoms with Gasteiger partial charge in [0.05, 0.1) is 18.7 Å². The summed E-state index contributed by atoms with van der Waals surface area (Å²) in [7, 11) is 1.55. The first kappa shape index (κ1) is 24.4. The lowest BCUT2D eigenvalue weighted by Gasteiger charge is -2.41. The quantitative estimate of drug-likeness (QED) is 0.457. The molecular formula is C28H25ClF2N2O3. The number of fused-ring (bicyclic) bond motifs is 2. The predicted molar refractivity (Wildman–Crippen MR) is 134 cm³/mol. The lowest BCUT2D eigenvalue weighted by Crippen LogP contribution is -2.53. The summed E-state index contributed by atoms with van der Waals surface area (Å²) in [6.45, 7) is 1.38. The second kappa shape index (κ2) is 9.64. The van der Waals surface area contributed by atoms with Crippen LogP contribution in [0.15, 0.2) is 60.7 Å². The fourth-order valence-electron chi connectivity index (χ4n) is 5.59. The predicted octanol–water partition coefficient (Wildman–Crippen LogP) is 5.55. The summed E-state index contributed by atoms with van der Waals surface area (Å²) in [5, 5.41) is 3.86. The highest BCUT2D eigenvalue weighted by Gasteiger charge is 2.54. The topological polar surface area (TPSA) is 58.6 Å². The molecule has 2 heterocycles. The highest BCUT2D eigenvalue weighted by atomic mass is 35.5. The molecule has 3 aromatic rings. The zero-order valence-electron chi connectivity index (χ0n) is 19.7. The van der Waals surface area contributed by atoms with Crippen molar-refractivity contribution in [3.63, 3.8) is 0 Å². The number of piperidine rings is 1. The van der Waals surface area contributed by atoms with Gasteiger partial charge in [-0.1, -0.05) is 17.7 Å². The lowest BCUT2D eigenvalue weighted by molar-refractivity contribution is 0.0915. The summed E-state index contributed by atoms with van der Waals surface area (Å²) < 4.78 is 34.0. The fourth-order valence-corrected chi connectivity index (χ4v) is 5.77. The Morgan fingerprint density at radius 1 is 1.08 bits per heavy atom. The van der Waals surface area contributed by atoms with E-state index in [9.17, 15) is 18.4 Å². The standard InChI is InChI=1S/C28H25ClF2N2O3/c1-36-19-8-5-17(6-9-19)24(34)16-25-28(11-13-32-14-12-28)21-15-18(29)7-10-23(21)33(25)27(35)20-3-2-4-22(30)26(20)31/h2-10,15,25,32H,11-14,16H2,1H3. The number of methoxy groups -OCH3 is 1. The number of rotatable bonds is 5. The maximum Gasteiger partial charge on any atom is 0.261 e. The average Bonchev–Trinajstić information content (AvgIpc) is 3.13. The SMILES string of the molecule is COc1ccc(C(=O)CC2N(C(=O)c3cccc(F)c3F)c3ccc(Cl)cc3C23CCNCC3)cc1. The van der Waals surface area contributed by atoms with Crippen molar-refractivity contribution < 1.29 is 23.1 Å². The number of anilines is 1. The third-order valence-corrected chi connectivity index (χ3v) is 7.63. The van der Waals surface area contributed by atoms with E-state index in [1.165, 1.54) is 17.0 Å². The van der Waals surface area contributed by atoms with E-state index in [2.05, 4.69) is 5.32 Å². The maximum atomic E-state index is 14.8. The van der Waals surface area contributed by atoms with Gasteiger partial charge in [0.15, 0.2) is 17.4 Å². The average molecular weight is 511 g/mol. The molecule has 1 spiro atoms. The Labute approximate surface area is 213 Å². The third-order valence-electron chi connectivity index (χ3n) is 7.39. The van der Waals surface area contributed by atoms with Crippen molar-refractivity contribution >= 4 is 29.0 Å². The number of ether oxygens (including phenoxy) is 1. The number of hydrogen-bond donors (Lipinski definition) is 1. The number of hydrogen-bond acceptors (Lipinski definition) is 4. The van der Waals surface area contributed by atoms with Crippen molar-refractivity contribution in [2.45, 2.75) is 30.7 Å². The van der Waals surface area contributed by atoms with E-state index in [1.54, 1.807) is 43.5 Å². The van der Waals surface area contributed by atoms with E-state index >= 15 is 0 Å². The van der Waals surface area contributed by atoms with E-state index in [0.717, 1.165) is 11.6 Å². The minimum atomic E-state index is -1.20. The first-order valence-electron chi connectivity index (χ1n) is 11.8. The number of nitrogens with one attached hydrogen (secondary N) is 1. The second-order valence-electron chi connectivity index (χ2n) is 9.22. The first-order valence-corrected chi connectivity index (χ1v) is 12.2. The highest BCUT2D eigenvalue weighted by Crippen LogP contribution is 2.53. The van der Waals surface area contributed by atoms with Gasteiger partial charge in [0.1, 0.15) is 5.75 Å². The van der Waals surface area contributed by atoms with Gasteiger partial charge in [0, 0.05) is 28.1 Å². The van der Waals surface area contributed by atoms with Gasteiger partial charge < -0.3 is 15.0 Å². The second-order valence-corrected chi connectivity index (χ2v) is 9.65. The number of nitrogens with zero attached hydrogens (tertiary/aromatic N) is 1. The van der Waals surface area contributed by atoms with Gasteiger partial charge in [-0.05, 0) is 86.1 Å². The Morgan fingerprint density at radius 3 is 2.50 bits per heavy atom. The van der Waals surface area contributed by atoms with Gasteiger partial charge in [-0.15, -0.1) is 0 Å². The molecule has 5 nitrogen and oxygen atoms in total. The molecule has 1 saturated heterocycles. The van der Waals surface area contributed by atoms with Gasteiger partial charge in [0.2, 0.25) is 0 Å². The van der Waals surface area contributed by atoms with Crippen LogP contribution in [-0.2, 0) is 5.41 Å². The number of benzene rings is 3. The number of halogens is 3. The van der Waals surface area contributed by atoms with E-state index in [1.807, 2.05) is 6.07 Å². The van der Waals surface area contributed by atoms with Crippen LogP contribution in [0, 0.1) is 11.6 Å². The van der Waals surface area contributed by atoms with Gasteiger partial charge in [-0.2, -0.15) is 0 Å². The molecule has 1 N–H and O–H groups in total. The van der Waals surface area contributed by atoms with Gasteiger partial charge in [-0.25, -0.2) is 8.78 Å². The summed E-state index contributed by atoms with van der Waals surface area (Å²) in [6.07, 6.45) is 1.34. The summed E-state index contributed by atoms with van der Waals surface area (Å²) in [5.74, 6) is -2.51. The van der Waals surface area contributed by atoms with Crippen molar-refractivity contribution in [3.8, 4) is 5.75 Å². The van der Waals surface area contributed by atoms with E-state index in [4.69, 9.17) is 16.3 Å². The van der Waals surface area contributed by atoms with Crippen LogP contribution in [-0.4, -0.2) is 37.9 Å². The summed E-state index contributed by atoms with van der Waals surface area (Å²) in [4.78, 5) is 28.8. The monoisotopic (exact) mass is 510 g/mol. The molecule has 1 unspecified atom stereocenters. The van der Waals surface area contributed by atoms with Crippen molar-refractivity contribution in [1.29, 1.82) is 0 Å². The maximum absolute atomic E-state index is 14.8. The minimum absolute atomic E-state index is 0.0152. The van der Waals surface area contributed by atoms with Gasteiger partial charge in [-0.3, -0.25) is 9.59 Å². The number of ketones is 1. The molecule has 2 aliphatic rings. The fraction of sp³-hybridized carbons (Fsp3) is 0.286. The Kier molecular flexibility index (Phi) is 6.53. The molecule has 1 fully saturated rings. The molecule has 0 bridgehead atoms. The minimum Gasteiger partial charge on any atom is -0.497 e. The van der Waals surface area contributed by atoms with Gasteiger partial charge >= 0.3 is 0 Å². The number of carbonyl (C=O) groups is 2. The Morgan fingerprint density at radius 2 is 1.81 bits per heavy atom. The molecule has 2 aliphatic heterocycles. The Hall–Kier alpha value is -3.29. The van der Waals surface area contributed by atoms with E-state index in [-0.39, 0.29) is 17.8 Å². The van der Waals surface area contributed by atoms with Gasteiger partial charge in [0.25, 0.3) is 5.91 Å². The number of Topliss-reactive ketones (excluding diaryl/α,β-unsaturated/α-hetero) is 1. The van der Waals surface area contributed by atoms with Crippen LogP contribution in [0.5, 0.6) is 5.75 Å². The molecule has 0 aliphatic carbocycles. The first-order chi connectivity index (χ1) is 17.4. The molecule has 0 saturated carbocycles. The van der Waals surface area contributed by atoms with Crippen LogP contribution in [0.1, 0.15) is 45.5 Å². The largest absolute Gasteiger partial charge is 0.497 e. The smallest absolute Gasteiger partial charge is 0.261 e. The number of amides is 1. The van der Waals surface area contributed by atoms with E-state index in [0.29, 0.717) is 48.0 Å². The molecule has 1 amide bonds. The van der Waals surface area contributed by atoms with Crippen LogP contribution in [0.4, 0.5) is 14.5 Å². The molecule has 36 heavy (non-hydrogen) atoms. The van der Waals surface area contributed by atoms with E-state index < -0.39 is 29.0 Å². The zero-order valence-corrected chi connectivity index (χ0v) is 20.4. The summed E-state index contributed by atoms with van der Waals surface area (Å²) in [6, 6.07) is 15.0. The highest BCUT2D eigenvalue weighted by molar-refractivity contribution is 6.30. The molecule has 0 radical (unpaired) electrons. The van der Waals surface area contributed by atoms with Crippen molar-refractivity contribution in [2.75, 3.05) is 25.1 Å². The Balaban J connectivity index is 1.62. The van der Waals surface area contributed by atoms with Crippen molar-refractivity contribution in [2.24, 2.45) is 0 Å². The van der Waals surface area contributed by atoms with Crippen LogP contribution in [0.2, 0.25) is 5.02 Å². The molecule has 186 valence electrons. The number of carbonyl (C=O) groups excluding carboxylic acids is 2. The molecule has 5 rings (SSSR count). The Bertz CT molecular complexity index is 1320. The summed E-state index contributed by atoms with van der Waals surface area (Å²) >= 11 is 6.39. The molecule has 3 aromatic carbocycles. The molecule has 1 atom stereocenters. The molecule has 8 heteroatoms. The molecular weight excluding hydrogens is 486 g/mol. The summed E-state index contributed by atoms with van der Waals surface area (Å²) in [5.41, 5.74) is 0.978. The zero-order chi connectivity index (χ0) is 25.4.